The highest BCUT2D eigenvalue weighted by molar-refractivity contribution is 6.33. The molecule has 0 saturated carbocycles. The molecular weight excluding hydrogens is 182 g/mol. The van der Waals surface area contributed by atoms with Gasteiger partial charge in [0.1, 0.15) is 0 Å². The smallest absolute Gasteiger partial charge is 0.329 e. The van der Waals surface area contributed by atoms with Gasteiger partial charge in [-0.1, -0.05) is 18.2 Å². The van der Waals surface area contributed by atoms with Crippen molar-refractivity contribution in [3.8, 4) is 0 Å². The lowest BCUT2D eigenvalue weighted by molar-refractivity contribution is -0.131. The molecule has 2 rings (SSSR count). The van der Waals surface area contributed by atoms with Gasteiger partial charge in [0, 0.05) is 17.3 Å². The molecule has 1 heterocycles. The molecule has 0 aromatic heterocycles. The number of carboxylic acids is 1. The molecule has 1 aliphatic rings. The molecule has 1 aromatic rings. The van der Waals surface area contributed by atoms with E-state index < -0.39 is 5.97 Å². The Balaban J connectivity index is 2.55. The summed E-state index contributed by atoms with van der Waals surface area (Å²) in [5.41, 5.74) is 1.50. The van der Waals surface area contributed by atoms with Gasteiger partial charge in [-0.3, -0.25) is 4.79 Å². The standard InChI is InChI=1S/C10H7NO3/c12-9(13)5-7-6-3-1-2-4-8(6)11-10(7)14/h1-5H,(H,11,14)(H,12,13)/b7-5-. The number of anilines is 1. The average molecular weight is 189 g/mol. The van der Waals surface area contributed by atoms with Crippen molar-refractivity contribution in [2.75, 3.05) is 5.32 Å². The largest absolute Gasteiger partial charge is 0.478 e. The predicted octanol–water partition coefficient (Wildman–Crippen LogP) is 1.11. The number of carbonyl (C=O) groups is 2. The van der Waals surface area contributed by atoms with E-state index in [4.69, 9.17) is 5.11 Å². The van der Waals surface area contributed by atoms with Gasteiger partial charge in [0.25, 0.3) is 5.91 Å². The van der Waals surface area contributed by atoms with Crippen LogP contribution in [0.1, 0.15) is 5.56 Å². The molecule has 2 N–H and O–H groups in total. The first-order valence-electron chi connectivity index (χ1n) is 4.04. The molecule has 70 valence electrons. The normalized spacial score (nSPS) is 16.6. The van der Waals surface area contributed by atoms with E-state index in [1.54, 1.807) is 24.3 Å². The molecule has 0 saturated heterocycles. The number of benzene rings is 1. The van der Waals surface area contributed by atoms with Crippen LogP contribution < -0.4 is 5.32 Å². The van der Waals surface area contributed by atoms with Crippen LogP contribution in [0.15, 0.2) is 30.3 Å². The van der Waals surface area contributed by atoms with Crippen molar-refractivity contribution < 1.29 is 14.7 Å². The van der Waals surface area contributed by atoms with Gasteiger partial charge in [0.15, 0.2) is 0 Å². The second-order valence-electron chi connectivity index (χ2n) is 2.90. The Bertz CT molecular complexity index is 448. The van der Waals surface area contributed by atoms with Gasteiger partial charge in [-0.25, -0.2) is 4.79 Å². The summed E-state index contributed by atoms with van der Waals surface area (Å²) >= 11 is 0. The number of carboxylic acid groups (broad SMARTS) is 1. The minimum Gasteiger partial charge on any atom is -0.478 e. The van der Waals surface area contributed by atoms with Crippen molar-refractivity contribution in [1.82, 2.24) is 0 Å². The minimum atomic E-state index is -1.12. The second-order valence-corrected chi connectivity index (χ2v) is 2.90. The maximum atomic E-state index is 11.3. The highest BCUT2D eigenvalue weighted by Crippen LogP contribution is 2.30. The maximum Gasteiger partial charge on any atom is 0.329 e. The Kier molecular flexibility index (Phi) is 1.81. The molecule has 0 atom stereocenters. The maximum absolute atomic E-state index is 11.3. The number of carbonyl (C=O) groups excluding carboxylic acids is 1. The molecule has 0 fully saturated rings. The zero-order chi connectivity index (χ0) is 10.1. The third kappa shape index (κ3) is 1.26. The number of para-hydroxylation sites is 1. The fraction of sp³-hybridized carbons (Fsp3) is 0. The van der Waals surface area contributed by atoms with Crippen LogP contribution in [-0.4, -0.2) is 17.0 Å². The van der Waals surface area contributed by atoms with Crippen LogP contribution in [0.5, 0.6) is 0 Å². The van der Waals surface area contributed by atoms with Crippen LogP contribution >= 0.6 is 0 Å². The van der Waals surface area contributed by atoms with E-state index in [2.05, 4.69) is 5.32 Å². The van der Waals surface area contributed by atoms with Gasteiger partial charge < -0.3 is 10.4 Å². The first-order chi connectivity index (χ1) is 6.68. The van der Waals surface area contributed by atoms with E-state index in [-0.39, 0.29) is 11.5 Å². The van der Waals surface area contributed by atoms with Gasteiger partial charge in [0.2, 0.25) is 0 Å². The molecule has 0 aliphatic carbocycles. The summed E-state index contributed by atoms with van der Waals surface area (Å²) in [4.78, 5) is 21.8. The summed E-state index contributed by atoms with van der Waals surface area (Å²) in [7, 11) is 0. The van der Waals surface area contributed by atoms with Gasteiger partial charge in [-0.05, 0) is 6.07 Å². The molecule has 1 amide bonds. The lowest BCUT2D eigenvalue weighted by Crippen LogP contribution is -2.05. The average Bonchev–Trinajstić information content (AvgIpc) is 2.43. The molecule has 0 bridgehead atoms. The van der Waals surface area contributed by atoms with Gasteiger partial charge in [-0.15, -0.1) is 0 Å². The third-order valence-electron chi connectivity index (χ3n) is 1.98. The fourth-order valence-electron chi connectivity index (χ4n) is 1.41. The van der Waals surface area contributed by atoms with Crippen LogP contribution in [0.4, 0.5) is 5.69 Å². The minimum absolute atomic E-state index is 0.202. The Morgan fingerprint density at radius 2 is 2.07 bits per heavy atom. The molecule has 0 radical (unpaired) electrons. The molecule has 1 aromatic carbocycles. The lowest BCUT2D eigenvalue weighted by Gasteiger charge is -1.94. The molecule has 4 heteroatoms. The first-order valence-corrected chi connectivity index (χ1v) is 4.04. The number of fused-ring (bicyclic) bond motifs is 1. The van der Waals surface area contributed by atoms with E-state index in [9.17, 15) is 9.59 Å². The number of aliphatic carboxylic acids is 1. The van der Waals surface area contributed by atoms with Crippen LogP contribution in [0.2, 0.25) is 0 Å². The van der Waals surface area contributed by atoms with Gasteiger partial charge in [-0.2, -0.15) is 0 Å². The number of hydrogen-bond acceptors (Lipinski definition) is 2. The predicted molar refractivity (Wildman–Crippen MR) is 50.7 cm³/mol. The molecule has 0 unspecified atom stereocenters. The summed E-state index contributed by atoms with van der Waals surface area (Å²) in [6.07, 6.45) is 0.918. The van der Waals surface area contributed by atoms with Crippen molar-refractivity contribution in [3.63, 3.8) is 0 Å². The van der Waals surface area contributed by atoms with Crippen LogP contribution in [-0.2, 0) is 9.59 Å². The summed E-state index contributed by atoms with van der Waals surface area (Å²) in [5.74, 6) is -1.49. The van der Waals surface area contributed by atoms with Crippen molar-refractivity contribution >= 4 is 23.1 Å². The van der Waals surface area contributed by atoms with Crippen LogP contribution in [0.3, 0.4) is 0 Å². The molecule has 0 spiro atoms. The molecule has 4 nitrogen and oxygen atoms in total. The Labute approximate surface area is 79.9 Å². The van der Waals surface area contributed by atoms with Crippen molar-refractivity contribution in [3.05, 3.63) is 35.9 Å². The van der Waals surface area contributed by atoms with Crippen molar-refractivity contribution in [2.45, 2.75) is 0 Å². The molecule has 1 aliphatic heterocycles. The van der Waals surface area contributed by atoms with Crippen LogP contribution in [0, 0.1) is 0 Å². The lowest BCUT2D eigenvalue weighted by atomic mass is 10.1. The van der Waals surface area contributed by atoms with E-state index in [0.717, 1.165) is 6.08 Å². The highest BCUT2D eigenvalue weighted by atomic mass is 16.4. The number of rotatable bonds is 1. The number of nitrogens with one attached hydrogen (secondary N) is 1. The fourth-order valence-corrected chi connectivity index (χ4v) is 1.41. The van der Waals surface area contributed by atoms with Crippen molar-refractivity contribution in [1.29, 1.82) is 0 Å². The molecular formula is C10H7NO3. The van der Waals surface area contributed by atoms with E-state index in [1.807, 2.05) is 0 Å². The Hall–Kier alpha value is -2.10. The quantitative estimate of drug-likeness (QED) is 0.650. The molecule has 14 heavy (non-hydrogen) atoms. The van der Waals surface area contributed by atoms with E-state index >= 15 is 0 Å². The number of hydrogen-bond donors (Lipinski definition) is 2. The van der Waals surface area contributed by atoms with Gasteiger partial charge in [0.05, 0.1) is 5.57 Å². The summed E-state index contributed by atoms with van der Waals surface area (Å²) in [6, 6.07) is 6.98. The Morgan fingerprint density at radius 1 is 1.36 bits per heavy atom. The monoisotopic (exact) mass is 189 g/mol. The zero-order valence-electron chi connectivity index (χ0n) is 7.15. The summed E-state index contributed by atoms with van der Waals surface area (Å²) in [5, 5.41) is 11.1. The zero-order valence-corrected chi connectivity index (χ0v) is 7.15. The SMILES string of the molecule is O=C(O)/C=C1\C(=O)Nc2ccccc21. The summed E-state index contributed by atoms with van der Waals surface area (Å²) < 4.78 is 0. The van der Waals surface area contributed by atoms with E-state index in [1.165, 1.54) is 0 Å². The van der Waals surface area contributed by atoms with Crippen molar-refractivity contribution in [2.24, 2.45) is 0 Å². The van der Waals surface area contributed by atoms with E-state index in [0.29, 0.717) is 11.3 Å². The van der Waals surface area contributed by atoms with Crippen LogP contribution in [0.25, 0.3) is 5.57 Å². The highest BCUT2D eigenvalue weighted by Gasteiger charge is 2.23. The number of amides is 1. The summed E-state index contributed by atoms with van der Waals surface area (Å²) in [6.45, 7) is 0. The first kappa shape index (κ1) is 8.50. The third-order valence-corrected chi connectivity index (χ3v) is 1.98. The van der Waals surface area contributed by atoms with Gasteiger partial charge >= 0.3 is 5.97 Å². The Morgan fingerprint density at radius 3 is 2.79 bits per heavy atom. The topological polar surface area (TPSA) is 66.4 Å². The second kappa shape index (κ2) is 2.99.